The summed E-state index contributed by atoms with van der Waals surface area (Å²) in [5.74, 6) is -2.89. The van der Waals surface area contributed by atoms with Crippen molar-refractivity contribution in [2.45, 2.75) is 12.8 Å². The van der Waals surface area contributed by atoms with Gasteiger partial charge < -0.3 is 10.4 Å². The quantitative estimate of drug-likeness (QED) is 0.617. The SMILES string of the molecule is O=C(Nc1ccccc1C(=O)O)c1cccc(N2C(=O)[C@H]3CC=CC[C@@H]3C2=O)c1. The lowest BCUT2D eigenvalue weighted by molar-refractivity contribution is -0.122. The zero-order chi connectivity index (χ0) is 20.5. The first-order valence-corrected chi connectivity index (χ1v) is 9.24. The molecule has 0 radical (unpaired) electrons. The van der Waals surface area contributed by atoms with E-state index in [0.717, 1.165) is 4.90 Å². The molecule has 0 unspecified atom stereocenters. The molecule has 3 amide bonds. The standard InChI is InChI=1S/C22H18N2O5/c25-19(23-18-11-4-3-10-17(18)22(28)29)13-6-5-7-14(12-13)24-20(26)15-8-1-2-9-16(15)21(24)27/h1-7,10-12,15-16H,8-9H2,(H,23,25)(H,28,29)/t15-,16-/m0/s1. The molecule has 0 spiro atoms. The molecular formula is C22H18N2O5. The number of carboxylic acid groups (broad SMARTS) is 1. The number of aromatic carboxylic acids is 1. The monoisotopic (exact) mass is 390 g/mol. The minimum Gasteiger partial charge on any atom is -0.478 e. The molecule has 2 aliphatic rings. The Bertz CT molecular complexity index is 1030. The summed E-state index contributed by atoms with van der Waals surface area (Å²) in [6.07, 6.45) is 4.91. The fourth-order valence-electron chi connectivity index (χ4n) is 3.81. The second-order valence-corrected chi connectivity index (χ2v) is 7.02. The highest BCUT2D eigenvalue weighted by Gasteiger charge is 2.47. The molecule has 1 aliphatic heterocycles. The smallest absolute Gasteiger partial charge is 0.337 e. The van der Waals surface area contributed by atoms with Gasteiger partial charge in [0.15, 0.2) is 0 Å². The normalized spacial score (nSPS) is 20.5. The van der Waals surface area contributed by atoms with E-state index in [2.05, 4.69) is 5.32 Å². The van der Waals surface area contributed by atoms with Crippen molar-refractivity contribution in [2.75, 3.05) is 10.2 Å². The first-order chi connectivity index (χ1) is 14.0. The maximum Gasteiger partial charge on any atom is 0.337 e. The van der Waals surface area contributed by atoms with Crippen molar-refractivity contribution in [2.24, 2.45) is 11.8 Å². The number of carbonyl (C=O) groups is 4. The van der Waals surface area contributed by atoms with Crippen LogP contribution in [0.2, 0.25) is 0 Å². The Balaban J connectivity index is 1.60. The summed E-state index contributed by atoms with van der Waals surface area (Å²) < 4.78 is 0. The van der Waals surface area contributed by atoms with Crippen LogP contribution in [-0.4, -0.2) is 28.8 Å². The van der Waals surface area contributed by atoms with Crippen LogP contribution in [0.4, 0.5) is 11.4 Å². The van der Waals surface area contributed by atoms with E-state index in [1.807, 2.05) is 12.2 Å². The minimum absolute atomic E-state index is 0.0292. The van der Waals surface area contributed by atoms with Crippen LogP contribution in [0.25, 0.3) is 0 Å². The number of amides is 3. The third kappa shape index (κ3) is 3.31. The third-order valence-electron chi connectivity index (χ3n) is 5.28. The third-order valence-corrected chi connectivity index (χ3v) is 5.28. The topological polar surface area (TPSA) is 104 Å². The van der Waals surface area contributed by atoms with Crippen LogP contribution in [0, 0.1) is 11.8 Å². The lowest BCUT2D eigenvalue weighted by Crippen LogP contribution is -2.31. The second-order valence-electron chi connectivity index (χ2n) is 7.02. The van der Waals surface area contributed by atoms with Crippen molar-refractivity contribution in [1.82, 2.24) is 0 Å². The molecule has 0 aromatic heterocycles. The minimum atomic E-state index is -1.15. The molecule has 1 saturated heterocycles. The van der Waals surface area contributed by atoms with Gasteiger partial charge in [0, 0.05) is 5.56 Å². The van der Waals surface area contributed by atoms with Gasteiger partial charge in [0.1, 0.15) is 0 Å². The van der Waals surface area contributed by atoms with Gasteiger partial charge in [-0.3, -0.25) is 19.3 Å². The van der Waals surface area contributed by atoms with Gasteiger partial charge in [-0.1, -0.05) is 30.4 Å². The molecule has 7 nitrogen and oxygen atoms in total. The Morgan fingerprint density at radius 1 is 0.931 bits per heavy atom. The average molecular weight is 390 g/mol. The number of hydrogen-bond acceptors (Lipinski definition) is 4. The molecule has 4 rings (SSSR count). The van der Waals surface area contributed by atoms with Crippen LogP contribution in [0.5, 0.6) is 0 Å². The molecule has 1 heterocycles. The number of rotatable bonds is 4. The van der Waals surface area contributed by atoms with Gasteiger partial charge in [-0.2, -0.15) is 0 Å². The number of para-hydroxylation sites is 1. The number of nitrogens with one attached hydrogen (secondary N) is 1. The van der Waals surface area contributed by atoms with E-state index < -0.39 is 11.9 Å². The van der Waals surface area contributed by atoms with Gasteiger partial charge in [-0.25, -0.2) is 4.79 Å². The van der Waals surface area contributed by atoms with Crippen LogP contribution >= 0.6 is 0 Å². The summed E-state index contributed by atoms with van der Waals surface area (Å²) in [6.45, 7) is 0. The van der Waals surface area contributed by atoms with Gasteiger partial charge in [0.05, 0.1) is 28.8 Å². The summed E-state index contributed by atoms with van der Waals surface area (Å²) in [4.78, 5) is 50.6. The van der Waals surface area contributed by atoms with E-state index in [1.54, 1.807) is 30.3 Å². The van der Waals surface area contributed by atoms with Crippen molar-refractivity contribution >= 4 is 35.1 Å². The predicted octanol–water partition coefficient (Wildman–Crippen LogP) is 3.09. The number of allylic oxidation sites excluding steroid dienone is 2. The molecule has 0 saturated carbocycles. The molecule has 0 bridgehead atoms. The highest BCUT2D eigenvalue weighted by atomic mass is 16.4. The second kappa shape index (κ2) is 7.35. The molecule has 2 atom stereocenters. The van der Waals surface area contributed by atoms with Crippen LogP contribution in [0.15, 0.2) is 60.7 Å². The molecule has 2 N–H and O–H groups in total. The highest BCUT2D eigenvalue weighted by Crippen LogP contribution is 2.37. The molecule has 1 aliphatic carbocycles. The largest absolute Gasteiger partial charge is 0.478 e. The number of benzene rings is 2. The Kier molecular flexibility index (Phi) is 4.72. The van der Waals surface area contributed by atoms with Gasteiger partial charge in [0.2, 0.25) is 11.8 Å². The number of imide groups is 1. The molecule has 146 valence electrons. The van der Waals surface area contributed by atoms with E-state index in [4.69, 9.17) is 0 Å². The van der Waals surface area contributed by atoms with Crippen molar-refractivity contribution in [3.63, 3.8) is 0 Å². The zero-order valence-corrected chi connectivity index (χ0v) is 15.4. The van der Waals surface area contributed by atoms with Crippen molar-refractivity contribution in [1.29, 1.82) is 0 Å². The van der Waals surface area contributed by atoms with Crippen LogP contribution in [0.3, 0.4) is 0 Å². The first-order valence-electron chi connectivity index (χ1n) is 9.24. The molecule has 29 heavy (non-hydrogen) atoms. The van der Waals surface area contributed by atoms with Crippen LogP contribution in [-0.2, 0) is 9.59 Å². The van der Waals surface area contributed by atoms with Gasteiger partial charge in [0.25, 0.3) is 5.91 Å². The summed E-state index contributed by atoms with van der Waals surface area (Å²) in [6, 6.07) is 12.3. The molecule has 2 aromatic carbocycles. The van der Waals surface area contributed by atoms with Gasteiger partial charge in [-0.05, 0) is 43.2 Å². The number of carboxylic acids is 1. The summed E-state index contributed by atoms with van der Waals surface area (Å²) >= 11 is 0. The number of nitrogens with zero attached hydrogens (tertiary/aromatic N) is 1. The van der Waals surface area contributed by atoms with E-state index >= 15 is 0 Å². The van der Waals surface area contributed by atoms with Crippen molar-refractivity contribution < 1.29 is 24.3 Å². The Labute approximate surface area is 166 Å². The van der Waals surface area contributed by atoms with Gasteiger partial charge >= 0.3 is 5.97 Å². The number of hydrogen-bond donors (Lipinski definition) is 2. The lowest BCUT2D eigenvalue weighted by atomic mass is 9.85. The first kappa shape index (κ1) is 18.6. The van der Waals surface area contributed by atoms with Crippen LogP contribution in [0.1, 0.15) is 33.6 Å². The van der Waals surface area contributed by atoms with Crippen molar-refractivity contribution in [3.8, 4) is 0 Å². The Morgan fingerprint density at radius 3 is 2.24 bits per heavy atom. The Hall–Kier alpha value is -3.74. The molecule has 1 fully saturated rings. The fraction of sp³-hybridized carbons (Fsp3) is 0.182. The van der Waals surface area contributed by atoms with E-state index in [0.29, 0.717) is 18.5 Å². The zero-order valence-electron chi connectivity index (χ0n) is 15.4. The Morgan fingerprint density at radius 2 is 1.59 bits per heavy atom. The maximum absolute atomic E-state index is 12.7. The fourth-order valence-corrected chi connectivity index (χ4v) is 3.81. The average Bonchev–Trinajstić information content (AvgIpc) is 2.99. The van der Waals surface area contributed by atoms with E-state index in [-0.39, 0.29) is 40.5 Å². The molecule has 2 aromatic rings. The van der Waals surface area contributed by atoms with Crippen LogP contribution < -0.4 is 10.2 Å². The van der Waals surface area contributed by atoms with Gasteiger partial charge in [-0.15, -0.1) is 0 Å². The maximum atomic E-state index is 12.7. The van der Waals surface area contributed by atoms with E-state index in [9.17, 15) is 24.3 Å². The lowest BCUT2D eigenvalue weighted by Gasteiger charge is -2.16. The predicted molar refractivity (Wildman–Crippen MR) is 106 cm³/mol. The van der Waals surface area contributed by atoms with E-state index in [1.165, 1.54) is 18.2 Å². The molecule has 7 heteroatoms. The number of anilines is 2. The molecular weight excluding hydrogens is 372 g/mol. The number of carbonyl (C=O) groups excluding carboxylic acids is 3. The number of fused-ring (bicyclic) bond motifs is 1. The highest BCUT2D eigenvalue weighted by molar-refractivity contribution is 6.22. The summed E-state index contributed by atoms with van der Waals surface area (Å²) in [5.41, 5.74) is 0.698. The summed E-state index contributed by atoms with van der Waals surface area (Å²) in [5, 5.41) is 11.8. The van der Waals surface area contributed by atoms with Crippen molar-refractivity contribution in [3.05, 3.63) is 71.8 Å². The summed E-state index contributed by atoms with van der Waals surface area (Å²) in [7, 11) is 0.